The Morgan fingerprint density at radius 2 is 1.90 bits per heavy atom. The number of esters is 1. The molecule has 0 saturated carbocycles. The maximum absolute atomic E-state index is 11.9. The Bertz CT molecular complexity index is 949. The van der Waals surface area contributed by atoms with Crippen LogP contribution < -0.4 is 15.8 Å². The van der Waals surface area contributed by atoms with Gasteiger partial charge in [0, 0.05) is 12.1 Å². The monoisotopic (exact) mass is 421 g/mol. The van der Waals surface area contributed by atoms with Gasteiger partial charge in [0.05, 0.1) is 34.2 Å². The van der Waals surface area contributed by atoms with Crippen molar-refractivity contribution in [2.45, 2.75) is 6.42 Å². The first kappa shape index (κ1) is 21.6. The molecule has 0 aliphatic rings. The van der Waals surface area contributed by atoms with Crippen LogP contribution in [0.1, 0.15) is 16.8 Å². The first-order chi connectivity index (χ1) is 13.8. The largest absolute Gasteiger partial charge is 0.492 e. The van der Waals surface area contributed by atoms with Crippen molar-refractivity contribution >= 4 is 40.8 Å². The molecule has 0 radical (unpaired) electrons. The van der Waals surface area contributed by atoms with Crippen molar-refractivity contribution in [2.24, 2.45) is 5.73 Å². The van der Waals surface area contributed by atoms with E-state index in [1.54, 1.807) is 12.1 Å². The Kier molecular flexibility index (Phi) is 7.49. The molecule has 0 heterocycles. The lowest BCUT2D eigenvalue weighted by Gasteiger charge is -2.10. The van der Waals surface area contributed by atoms with Gasteiger partial charge in [0.25, 0.3) is 17.5 Å². The number of nitro groups is 1. The van der Waals surface area contributed by atoms with Crippen LogP contribution in [0, 0.1) is 10.1 Å². The quantitative estimate of drug-likeness (QED) is 0.358. The van der Waals surface area contributed by atoms with Crippen molar-refractivity contribution in [1.82, 2.24) is 0 Å². The lowest BCUT2D eigenvalue weighted by Crippen LogP contribution is -2.22. The van der Waals surface area contributed by atoms with Gasteiger partial charge < -0.3 is 20.5 Å². The summed E-state index contributed by atoms with van der Waals surface area (Å²) >= 11 is 5.87. The molecule has 2 aromatic rings. The Balaban J connectivity index is 1.80. The summed E-state index contributed by atoms with van der Waals surface area (Å²) in [6, 6.07) is 9.82. The van der Waals surface area contributed by atoms with Crippen LogP contribution in [0.3, 0.4) is 0 Å². The van der Waals surface area contributed by atoms with E-state index in [0.29, 0.717) is 0 Å². The summed E-state index contributed by atoms with van der Waals surface area (Å²) in [5.74, 6) is -1.88. The van der Waals surface area contributed by atoms with Crippen LogP contribution in [0.15, 0.2) is 42.5 Å². The van der Waals surface area contributed by atoms with Crippen molar-refractivity contribution in [3.8, 4) is 5.75 Å². The van der Waals surface area contributed by atoms with Crippen LogP contribution in [0.2, 0.25) is 5.02 Å². The van der Waals surface area contributed by atoms with Gasteiger partial charge in [-0.05, 0) is 18.2 Å². The number of non-ortho nitro benzene ring substituents is 1. The van der Waals surface area contributed by atoms with E-state index in [9.17, 15) is 24.5 Å². The summed E-state index contributed by atoms with van der Waals surface area (Å²) in [5.41, 5.74) is 5.17. The summed E-state index contributed by atoms with van der Waals surface area (Å²) in [6.45, 7) is -0.711. The van der Waals surface area contributed by atoms with Gasteiger partial charge in [-0.15, -0.1) is 0 Å². The normalized spacial score (nSPS) is 10.1. The van der Waals surface area contributed by atoms with E-state index in [1.807, 2.05) is 0 Å². The molecule has 29 heavy (non-hydrogen) atoms. The highest BCUT2D eigenvalue weighted by molar-refractivity contribution is 6.33. The van der Waals surface area contributed by atoms with E-state index < -0.39 is 29.3 Å². The van der Waals surface area contributed by atoms with Crippen molar-refractivity contribution < 1.29 is 28.8 Å². The van der Waals surface area contributed by atoms with Gasteiger partial charge in [0.1, 0.15) is 5.75 Å². The number of amides is 2. The number of hydrogen-bond donors (Lipinski definition) is 2. The lowest BCUT2D eigenvalue weighted by atomic mass is 10.2. The zero-order chi connectivity index (χ0) is 21.4. The van der Waals surface area contributed by atoms with Gasteiger partial charge in [-0.2, -0.15) is 0 Å². The zero-order valence-electron chi connectivity index (χ0n) is 14.9. The fraction of sp³-hybridized carbons (Fsp3) is 0.167. The number of hydrogen-bond acceptors (Lipinski definition) is 7. The summed E-state index contributed by atoms with van der Waals surface area (Å²) in [6.07, 6.45) is -0.183. The lowest BCUT2D eigenvalue weighted by molar-refractivity contribution is -0.384. The number of benzene rings is 2. The second-order valence-corrected chi connectivity index (χ2v) is 6.00. The molecule has 10 nitrogen and oxygen atoms in total. The van der Waals surface area contributed by atoms with Crippen LogP contribution in [0.4, 0.5) is 11.4 Å². The third-order valence-corrected chi connectivity index (χ3v) is 3.84. The molecule has 3 N–H and O–H groups in total. The number of anilines is 1. The minimum Gasteiger partial charge on any atom is -0.492 e. The maximum atomic E-state index is 11.9. The van der Waals surface area contributed by atoms with Gasteiger partial charge in [0.2, 0.25) is 0 Å². The number of nitrogens with two attached hydrogens (primary N) is 1. The van der Waals surface area contributed by atoms with Gasteiger partial charge in [-0.3, -0.25) is 24.5 Å². The van der Waals surface area contributed by atoms with Crippen molar-refractivity contribution in [2.75, 3.05) is 18.5 Å². The molecule has 0 saturated heterocycles. The van der Waals surface area contributed by atoms with E-state index in [2.05, 4.69) is 5.32 Å². The van der Waals surface area contributed by atoms with Gasteiger partial charge in [-0.25, -0.2) is 0 Å². The Labute approximate surface area is 169 Å². The topological polar surface area (TPSA) is 151 Å². The van der Waals surface area contributed by atoms with E-state index in [4.69, 9.17) is 26.8 Å². The molecule has 0 atom stereocenters. The van der Waals surface area contributed by atoms with E-state index >= 15 is 0 Å². The highest BCUT2D eigenvalue weighted by Crippen LogP contribution is 2.26. The standard InChI is InChI=1S/C18H16ClN3O7/c19-13-6-5-11(22(26)27)9-14(13)21-16(23)10-29-17(24)7-8-28-15-4-2-1-3-12(15)18(20)25/h1-6,9H,7-8,10H2,(H2,20,25)(H,21,23). The first-order valence-electron chi connectivity index (χ1n) is 8.19. The molecule has 0 spiro atoms. The Hall–Kier alpha value is -3.66. The minimum absolute atomic E-state index is 0.0216. The van der Waals surface area contributed by atoms with Crippen LogP contribution in [0.25, 0.3) is 0 Å². The maximum Gasteiger partial charge on any atom is 0.309 e. The highest BCUT2D eigenvalue weighted by atomic mass is 35.5. The molecule has 152 valence electrons. The number of nitrogens with zero attached hydrogens (tertiary/aromatic N) is 1. The average molecular weight is 422 g/mol. The van der Waals surface area contributed by atoms with Gasteiger partial charge in [0.15, 0.2) is 6.61 Å². The highest BCUT2D eigenvalue weighted by Gasteiger charge is 2.14. The minimum atomic E-state index is -0.722. The molecular formula is C18H16ClN3O7. The third kappa shape index (κ3) is 6.47. The third-order valence-electron chi connectivity index (χ3n) is 3.52. The smallest absolute Gasteiger partial charge is 0.309 e. The molecule has 0 aromatic heterocycles. The Morgan fingerprint density at radius 3 is 2.59 bits per heavy atom. The molecule has 0 unspecified atom stereocenters. The average Bonchev–Trinajstić information content (AvgIpc) is 2.68. The molecule has 0 aliphatic heterocycles. The van der Waals surface area contributed by atoms with Crippen molar-refractivity contribution in [1.29, 1.82) is 0 Å². The molecule has 2 amide bonds. The first-order valence-corrected chi connectivity index (χ1v) is 8.56. The number of ether oxygens (including phenoxy) is 2. The van der Waals surface area contributed by atoms with Gasteiger partial charge >= 0.3 is 5.97 Å². The SMILES string of the molecule is NC(=O)c1ccccc1OCCC(=O)OCC(=O)Nc1cc([N+](=O)[O-])ccc1Cl. The summed E-state index contributed by atoms with van der Waals surface area (Å²) in [4.78, 5) is 45.0. The Morgan fingerprint density at radius 1 is 1.17 bits per heavy atom. The number of rotatable bonds is 9. The molecule has 2 aromatic carbocycles. The number of primary amides is 1. The number of carbonyl (C=O) groups excluding carboxylic acids is 3. The predicted octanol–water partition coefficient (Wildman–Crippen LogP) is 2.30. The number of carbonyl (C=O) groups is 3. The van der Waals surface area contributed by atoms with Crippen molar-refractivity contribution in [3.63, 3.8) is 0 Å². The fourth-order valence-corrected chi connectivity index (χ4v) is 2.33. The van der Waals surface area contributed by atoms with Gasteiger partial charge in [-0.1, -0.05) is 23.7 Å². The fourth-order valence-electron chi connectivity index (χ4n) is 2.17. The molecular weight excluding hydrogens is 406 g/mol. The zero-order valence-corrected chi connectivity index (χ0v) is 15.7. The number of halogens is 1. The van der Waals surface area contributed by atoms with Crippen LogP contribution in [-0.2, 0) is 14.3 Å². The number of para-hydroxylation sites is 1. The number of nitrogens with one attached hydrogen (secondary N) is 1. The number of nitro benzene ring substituents is 1. The molecule has 0 aliphatic carbocycles. The van der Waals surface area contributed by atoms with E-state index in [-0.39, 0.29) is 40.7 Å². The second-order valence-electron chi connectivity index (χ2n) is 5.59. The summed E-state index contributed by atoms with van der Waals surface area (Å²) < 4.78 is 10.1. The molecule has 11 heteroatoms. The summed E-state index contributed by atoms with van der Waals surface area (Å²) in [5, 5.41) is 13.2. The van der Waals surface area contributed by atoms with Crippen LogP contribution in [-0.4, -0.2) is 35.9 Å². The van der Waals surface area contributed by atoms with E-state index in [0.717, 1.165) is 6.07 Å². The van der Waals surface area contributed by atoms with E-state index in [1.165, 1.54) is 24.3 Å². The molecule has 0 bridgehead atoms. The van der Waals surface area contributed by atoms with Crippen LogP contribution >= 0.6 is 11.6 Å². The molecule has 2 rings (SSSR count). The molecule has 0 fully saturated rings. The second kappa shape index (κ2) is 10.0. The predicted molar refractivity (Wildman–Crippen MR) is 103 cm³/mol. The van der Waals surface area contributed by atoms with Crippen molar-refractivity contribution in [3.05, 3.63) is 63.2 Å². The van der Waals surface area contributed by atoms with Crippen LogP contribution in [0.5, 0.6) is 5.75 Å². The summed E-state index contributed by atoms with van der Waals surface area (Å²) in [7, 11) is 0.